The Morgan fingerprint density at radius 1 is 1.06 bits per heavy atom. The van der Waals surface area contributed by atoms with Gasteiger partial charge in [-0.05, 0) is 49.2 Å². The molecule has 2 aromatic carbocycles. The summed E-state index contributed by atoms with van der Waals surface area (Å²) in [6.45, 7) is 1.03. The van der Waals surface area contributed by atoms with Crippen LogP contribution in [0.1, 0.15) is 18.4 Å². The van der Waals surface area contributed by atoms with Gasteiger partial charge in [0.1, 0.15) is 4.90 Å². The number of rotatable bonds is 3. The lowest BCUT2D eigenvalue weighted by atomic mass is 9.95. The average Bonchev–Trinajstić information content (AvgIpc) is 3.37. The third-order valence-electron chi connectivity index (χ3n) is 5.52. The lowest BCUT2D eigenvalue weighted by molar-refractivity contribution is -0.121. The van der Waals surface area contributed by atoms with Gasteiger partial charge in [-0.2, -0.15) is 8.42 Å². The number of fused-ring (bicyclic) bond motifs is 1. The fourth-order valence-corrected chi connectivity index (χ4v) is 5.21. The van der Waals surface area contributed by atoms with Crippen molar-refractivity contribution in [3.63, 3.8) is 0 Å². The topological polar surface area (TPSA) is 118 Å². The molecule has 0 spiro atoms. The highest BCUT2D eigenvalue weighted by atomic mass is 35.5. The summed E-state index contributed by atoms with van der Waals surface area (Å²) in [5.41, 5.74) is 1.30. The molecule has 0 bridgehead atoms. The Morgan fingerprint density at radius 3 is 2.53 bits per heavy atom. The molecule has 11 heteroatoms. The summed E-state index contributed by atoms with van der Waals surface area (Å²) in [5.74, 6) is 0.262. The molecular weight excluding hydrogens is 454 g/mol. The van der Waals surface area contributed by atoms with Gasteiger partial charge >= 0.3 is 6.01 Å². The maximum absolute atomic E-state index is 12.7. The summed E-state index contributed by atoms with van der Waals surface area (Å²) in [6, 6.07) is 13.7. The van der Waals surface area contributed by atoms with E-state index in [-0.39, 0.29) is 28.6 Å². The van der Waals surface area contributed by atoms with Crippen LogP contribution in [0.2, 0.25) is 5.02 Å². The average molecular weight is 472 g/mol. The van der Waals surface area contributed by atoms with E-state index in [1.54, 1.807) is 48.5 Å². The molecule has 1 fully saturated rings. The zero-order valence-electron chi connectivity index (χ0n) is 16.7. The first-order valence-electron chi connectivity index (χ1n) is 10.0. The van der Waals surface area contributed by atoms with Crippen LogP contribution in [0.5, 0.6) is 0 Å². The lowest BCUT2D eigenvalue weighted by Crippen LogP contribution is -2.41. The van der Waals surface area contributed by atoms with E-state index in [4.69, 9.17) is 16.0 Å². The molecular formula is C21H18ClN5O4S. The number of benzene rings is 2. The van der Waals surface area contributed by atoms with Crippen molar-refractivity contribution in [2.45, 2.75) is 17.7 Å². The first-order chi connectivity index (χ1) is 15.4. The van der Waals surface area contributed by atoms with Crippen molar-refractivity contribution in [2.24, 2.45) is 10.3 Å². The Morgan fingerprint density at radius 2 is 1.78 bits per heavy atom. The zero-order valence-corrected chi connectivity index (χ0v) is 18.3. The number of hydrogen-bond acceptors (Lipinski definition) is 7. The maximum Gasteiger partial charge on any atom is 0.322 e. The van der Waals surface area contributed by atoms with Crippen LogP contribution < -0.4 is 5.32 Å². The Hall–Kier alpha value is -3.24. The first-order valence-corrected chi connectivity index (χ1v) is 11.8. The second kappa shape index (κ2) is 8.03. The Balaban J connectivity index is 1.22. The second-order valence-electron chi connectivity index (χ2n) is 7.56. The SMILES string of the molecule is O=C(Nc1nnc(-c2ccc(Cl)cc2)o1)C1CCN(C2=NS(=O)(=O)c3ccccc32)CC1. The second-order valence-corrected chi connectivity index (χ2v) is 9.56. The molecule has 1 N–H and O–H groups in total. The van der Waals surface area contributed by atoms with E-state index in [0.29, 0.717) is 47.9 Å². The van der Waals surface area contributed by atoms with Crippen molar-refractivity contribution < 1.29 is 17.6 Å². The van der Waals surface area contributed by atoms with Gasteiger partial charge in [-0.3, -0.25) is 10.1 Å². The van der Waals surface area contributed by atoms with E-state index in [1.165, 1.54) is 0 Å². The van der Waals surface area contributed by atoms with Crippen molar-refractivity contribution in [1.29, 1.82) is 0 Å². The number of sulfonamides is 1. The molecule has 164 valence electrons. The summed E-state index contributed by atoms with van der Waals surface area (Å²) < 4.78 is 34.1. The summed E-state index contributed by atoms with van der Waals surface area (Å²) >= 11 is 5.89. The van der Waals surface area contributed by atoms with Crippen molar-refractivity contribution in [1.82, 2.24) is 15.1 Å². The third kappa shape index (κ3) is 3.87. The molecule has 32 heavy (non-hydrogen) atoms. The number of carbonyl (C=O) groups is 1. The molecule has 0 aliphatic carbocycles. The molecule has 2 aliphatic rings. The van der Waals surface area contributed by atoms with Gasteiger partial charge in [-0.1, -0.05) is 28.8 Å². The van der Waals surface area contributed by atoms with Gasteiger partial charge < -0.3 is 9.32 Å². The Labute approximate surface area is 189 Å². The molecule has 0 radical (unpaired) electrons. The van der Waals surface area contributed by atoms with E-state index in [1.807, 2.05) is 4.90 Å². The molecule has 0 saturated carbocycles. The number of anilines is 1. The molecule has 0 atom stereocenters. The molecule has 0 unspecified atom stereocenters. The number of aromatic nitrogens is 2. The van der Waals surface area contributed by atoms with Gasteiger partial charge in [-0.15, -0.1) is 9.50 Å². The predicted molar refractivity (Wildman–Crippen MR) is 118 cm³/mol. The molecule has 1 aromatic heterocycles. The molecule has 5 rings (SSSR count). The van der Waals surface area contributed by atoms with Crippen LogP contribution >= 0.6 is 11.6 Å². The van der Waals surface area contributed by atoms with Crippen molar-refractivity contribution >= 4 is 39.4 Å². The van der Waals surface area contributed by atoms with E-state index in [0.717, 1.165) is 0 Å². The van der Waals surface area contributed by atoms with Crippen molar-refractivity contribution in [3.05, 3.63) is 59.1 Å². The molecule has 9 nitrogen and oxygen atoms in total. The number of nitrogens with one attached hydrogen (secondary N) is 1. The smallest absolute Gasteiger partial charge is 0.322 e. The minimum absolute atomic E-state index is 0.0302. The summed E-state index contributed by atoms with van der Waals surface area (Å²) in [7, 11) is -3.67. The van der Waals surface area contributed by atoms with Gasteiger partial charge in [0.25, 0.3) is 10.0 Å². The van der Waals surface area contributed by atoms with Gasteiger partial charge in [0.05, 0.1) is 0 Å². The van der Waals surface area contributed by atoms with Crippen molar-refractivity contribution in [3.8, 4) is 11.5 Å². The van der Waals surface area contributed by atoms with Gasteiger partial charge in [0.15, 0.2) is 5.84 Å². The van der Waals surface area contributed by atoms with Crippen LogP contribution in [0.4, 0.5) is 6.01 Å². The third-order valence-corrected chi connectivity index (χ3v) is 7.10. The number of likely N-dealkylation sites (tertiary alicyclic amines) is 1. The number of amides is 1. The Kier molecular flexibility index (Phi) is 5.18. The van der Waals surface area contributed by atoms with Gasteiger partial charge in [0, 0.05) is 35.2 Å². The van der Waals surface area contributed by atoms with Crippen molar-refractivity contribution in [2.75, 3.05) is 18.4 Å². The van der Waals surface area contributed by atoms with E-state index in [2.05, 4.69) is 19.9 Å². The molecule has 1 amide bonds. The lowest BCUT2D eigenvalue weighted by Gasteiger charge is -2.32. The largest absolute Gasteiger partial charge is 0.403 e. The van der Waals surface area contributed by atoms with E-state index >= 15 is 0 Å². The number of amidine groups is 1. The summed E-state index contributed by atoms with van der Waals surface area (Å²) in [5, 5.41) is 11.1. The summed E-state index contributed by atoms with van der Waals surface area (Å²) in [6.07, 6.45) is 1.09. The molecule has 1 saturated heterocycles. The molecule has 3 heterocycles. The van der Waals surface area contributed by atoms with E-state index < -0.39 is 10.0 Å². The number of carbonyl (C=O) groups excluding carboxylic acids is 1. The highest BCUT2D eigenvalue weighted by molar-refractivity contribution is 7.90. The van der Waals surface area contributed by atoms with Crippen LogP contribution in [0.3, 0.4) is 0 Å². The molecule has 3 aromatic rings. The number of hydrogen-bond donors (Lipinski definition) is 1. The van der Waals surface area contributed by atoms with Crippen LogP contribution in [0, 0.1) is 5.92 Å². The zero-order chi connectivity index (χ0) is 22.3. The summed E-state index contributed by atoms with van der Waals surface area (Å²) in [4.78, 5) is 14.8. The fourth-order valence-electron chi connectivity index (χ4n) is 3.86. The highest BCUT2D eigenvalue weighted by Gasteiger charge is 2.34. The monoisotopic (exact) mass is 471 g/mol. The fraction of sp³-hybridized carbons (Fsp3) is 0.238. The normalized spacial score (nSPS) is 17.7. The minimum Gasteiger partial charge on any atom is -0.403 e. The number of halogens is 1. The van der Waals surface area contributed by atoms with Crippen LogP contribution in [0.15, 0.2) is 62.2 Å². The van der Waals surface area contributed by atoms with Crippen LogP contribution in [-0.2, 0) is 14.8 Å². The van der Waals surface area contributed by atoms with Crippen LogP contribution in [-0.4, -0.2) is 48.3 Å². The highest BCUT2D eigenvalue weighted by Crippen LogP contribution is 2.30. The Bertz CT molecular complexity index is 1310. The van der Waals surface area contributed by atoms with Gasteiger partial charge in [0.2, 0.25) is 11.8 Å². The number of piperidine rings is 1. The minimum atomic E-state index is -3.67. The molecule has 2 aliphatic heterocycles. The van der Waals surface area contributed by atoms with Gasteiger partial charge in [-0.25, -0.2) is 0 Å². The first kappa shape index (κ1) is 20.7. The maximum atomic E-state index is 12.7. The predicted octanol–water partition coefficient (Wildman–Crippen LogP) is 3.19. The quantitative estimate of drug-likeness (QED) is 0.623. The van der Waals surface area contributed by atoms with Crippen LogP contribution in [0.25, 0.3) is 11.5 Å². The number of nitrogens with zero attached hydrogens (tertiary/aromatic N) is 4. The standard InChI is InChI=1S/C21H18ClN5O4S/c22-15-7-5-14(6-8-15)20-24-25-21(31-20)23-19(28)13-9-11-27(12-10-13)18-16-3-1-2-4-17(16)32(29,30)26-18/h1-8,13H,9-12H2,(H,23,25,28). The van der Waals surface area contributed by atoms with E-state index in [9.17, 15) is 13.2 Å².